The molecule has 0 bridgehead atoms. The lowest BCUT2D eigenvalue weighted by Crippen LogP contribution is -1.99. The van der Waals surface area contributed by atoms with Crippen LogP contribution in [0.5, 0.6) is 0 Å². The summed E-state index contributed by atoms with van der Waals surface area (Å²) in [7, 11) is 0. The lowest BCUT2D eigenvalue weighted by atomic mass is 10.4. The topological polar surface area (TPSA) is 99.6 Å². The van der Waals surface area contributed by atoms with Gasteiger partial charge < -0.3 is 0 Å². The second-order valence-electron chi connectivity index (χ2n) is 3.82. The molecule has 0 radical (unpaired) electrons. The number of hydrogen-bond acceptors (Lipinski definition) is 7. The Morgan fingerprint density at radius 2 is 2.33 bits per heavy atom. The zero-order valence-electron chi connectivity index (χ0n) is 9.13. The van der Waals surface area contributed by atoms with Crippen molar-refractivity contribution in [1.82, 2.24) is 25.2 Å². The number of rotatable bonds is 4. The molecule has 1 fully saturated rings. The van der Waals surface area contributed by atoms with Crippen LogP contribution in [0.1, 0.15) is 18.9 Å². The van der Waals surface area contributed by atoms with Crippen molar-refractivity contribution < 1.29 is 4.92 Å². The highest BCUT2D eigenvalue weighted by molar-refractivity contribution is 7.99. The van der Waals surface area contributed by atoms with Crippen LogP contribution in [0.15, 0.2) is 28.5 Å². The van der Waals surface area contributed by atoms with Crippen molar-refractivity contribution in [2.75, 3.05) is 0 Å². The molecule has 1 aliphatic carbocycles. The van der Waals surface area contributed by atoms with Gasteiger partial charge in [0, 0.05) is 12.3 Å². The first kappa shape index (κ1) is 11.1. The summed E-state index contributed by atoms with van der Waals surface area (Å²) in [6, 6.07) is 3.28. The molecular weight excluding hydrogens is 256 g/mol. The van der Waals surface area contributed by atoms with Gasteiger partial charge in [-0.2, -0.15) is 0 Å². The predicted molar refractivity (Wildman–Crippen MR) is 61.1 cm³/mol. The van der Waals surface area contributed by atoms with Gasteiger partial charge in [-0.05, 0) is 41.1 Å². The highest BCUT2D eigenvalue weighted by Crippen LogP contribution is 2.39. The molecule has 0 amide bonds. The number of aromatic nitrogens is 5. The normalized spacial score (nSPS) is 14.7. The molecule has 0 N–H and O–H groups in total. The lowest BCUT2D eigenvalue weighted by molar-refractivity contribution is -0.388. The van der Waals surface area contributed by atoms with Crippen LogP contribution in [0.4, 0.5) is 5.69 Å². The van der Waals surface area contributed by atoms with Gasteiger partial charge in [-0.25, -0.2) is 9.67 Å². The summed E-state index contributed by atoms with van der Waals surface area (Å²) in [5.74, 6) is 0. The molecule has 8 nitrogen and oxygen atoms in total. The number of nitro groups is 1. The van der Waals surface area contributed by atoms with Gasteiger partial charge in [-0.3, -0.25) is 10.1 Å². The van der Waals surface area contributed by atoms with E-state index in [0.29, 0.717) is 16.2 Å². The summed E-state index contributed by atoms with van der Waals surface area (Å²) >= 11 is 1.12. The standard InChI is InChI=1S/C9H8N6O2S/c16-15(17)7-2-1-5-10-8(7)18-9-11-12-13-14(9)6-3-4-6/h1-2,5-6H,3-4H2. The largest absolute Gasteiger partial charge is 0.301 e. The number of tetrazole rings is 1. The van der Waals surface area contributed by atoms with Gasteiger partial charge in [0.25, 0.3) is 0 Å². The molecule has 2 heterocycles. The Kier molecular flexibility index (Phi) is 2.67. The number of nitrogens with zero attached hydrogens (tertiary/aromatic N) is 6. The van der Waals surface area contributed by atoms with Gasteiger partial charge in [0.1, 0.15) is 0 Å². The van der Waals surface area contributed by atoms with Crippen LogP contribution in [-0.2, 0) is 0 Å². The molecule has 0 saturated heterocycles. The van der Waals surface area contributed by atoms with Gasteiger partial charge in [0.15, 0.2) is 5.03 Å². The van der Waals surface area contributed by atoms with Gasteiger partial charge in [-0.1, -0.05) is 0 Å². The zero-order valence-corrected chi connectivity index (χ0v) is 9.95. The smallest absolute Gasteiger partial charge is 0.258 e. The summed E-state index contributed by atoms with van der Waals surface area (Å²) < 4.78 is 1.70. The Hall–Kier alpha value is -2.03. The van der Waals surface area contributed by atoms with Crippen LogP contribution in [0.25, 0.3) is 0 Å². The molecule has 2 aromatic rings. The van der Waals surface area contributed by atoms with Crippen molar-refractivity contribution in [2.24, 2.45) is 0 Å². The molecule has 92 valence electrons. The van der Waals surface area contributed by atoms with Gasteiger partial charge in [0.05, 0.1) is 11.0 Å². The Morgan fingerprint density at radius 3 is 3.06 bits per heavy atom. The van der Waals surface area contributed by atoms with Crippen LogP contribution in [-0.4, -0.2) is 30.1 Å². The SMILES string of the molecule is O=[N+]([O-])c1cccnc1Sc1nnnn1C1CC1. The van der Waals surface area contributed by atoms with Gasteiger partial charge in [-0.15, -0.1) is 5.10 Å². The van der Waals surface area contributed by atoms with E-state index in [1.54, 1.807) is 4.68 Å². The van der Waals surface area contributed by atoms with E-state index in [-0.39, 0.29) is 5.69 Å². The van der Waals surface area contributed by atoms with E-state index in [2.05, 4.69) is 20.5 Å². The number of pyridine rings is 1. The average molecular weight is 264 g/mol. The monoisotopic (exact) mass is 264 g/mol. The van der Waals surface area contributed by atoms with Gasteiger partial charge >= 0.3 is 5.69 Å². The molecule has 0 atom stereocenters. The summed E-state index contributed by atoms with van der Waals surface area (Å²) in [5.41, 5.74) is -0.0344. The Bertz CT molecular complexity index is 596. The van der Waals surface area contributed by atoms with Crippen molar-refractivity contribution in [3.63, 3.8) is 0 Å². The van der Waals surface area contributed by atoms with E-state index in [9.17, 15) is 10.1 Å². The molecule has 0 unspecified atom stereocenters. The Morgan fingerprint density at radius 1 is 1.50 bits per heavy atom. The molecule has 2 aromatic heterocycles. The third-order valence-electron chi connectivity index (χ3n) is 2.49. The molecule has 1 aliphatic rings. The van der Waals surface area contributed by atoms with Crippen molar-refractivity contribution in [3.8, 4) is 0 Å². The van der Waals surface area contributed by atoms with Crippen molar-refractivity contribution in [2.45, 2.75) is 29.1 Å². The van der Waals surface area contributed by atoms with E-state index in [0.717, 1.165) is 24.6 Å². The fraction of sp³-hybridized carbons (Fsp3) is 0.333. The van der Waals surface area contributed by atoms with E-state index in [4.69, 9.17) is 0 Å². The van der Waals surface area contributed by atoms with E-state index < -0.39 is 4.92 Å². The maximum Gasteiger partial charge on any atom is 0.301 e. The highest BCUT2D eigenvalue weighted by atomic mass is 32.2. The molecular formula is C9H8N6O2S. The van der Waals surface area contributed by atoms with Gasteiger partial charge in [0.2, 0.25) is 5.16 Å². The minimum Gasteiger partial charge on any atom is -0.258 e. The molecule has 0 aromatic carbocycles. The minimum atomic E-state index is -0.458. The summed E-state index contributed by atoms with van der Waals surface area (Å²) in [6.45, 7) is 0. The average Bonchev–Trinajstić information content (AvgIpc) is 3.11. The van der Waals surface area contributed by atoms with E-state index >= 15 is 0 Å². The van der Waals surface area contributed by atoms with E-state index in [1.807, 2.05) is 0 Å². The van der Waals surface area contributed by atoms with Crippen LogP contribution in [0.2, 0.25) is 0 Å². The lowest BCUT2D eigenvalue weighted by Gasteiger charge is -2.01. The molecule has 1 saturated carbocycles. The Labute approximate surface area is 106 Å². The molecule has 0 spiro atoms. The molecule has 9 heteroatoms. The molecule has 0 aliphatic heterocycles. The maximum atomic E-state index is 10.9. The first-order chi connectivity index (χ1) is 8.75. The van der Waals surface area contributed by atoms with Crippen LogP contribution < -0.4 is 0 Å². The van der Waals surface area contributed by atoms with Crippen LogP contribution >= 0.6 is 11.8 Å². The molecule has 3 rings (SSSR count). The second-order valence-corrected chi connectivity index (χ2v) is 4.78. The summed E-state index contributed by atoms with van der Waals surface area (Å²) in [5, 5.41) is 23.1. The quantitative estimate of drug-likeness (QED) is 0.608. The fourth-order valence-electron chi connectivity index (χ4n) is 1.49. The van der Waals surface area contributed by atoms with Crippen molar-refractivity contribution >= 4 is 17.4 Å². The first-order valence-corrected chi connectivity index (χ1v) is 6.12. The fourth-order valence-corrected chi connectivity index (χ4v) is 2.38. The highest BCUT2D eigenvalue weighted by Gasteiger charge is 2.29. The van der Waals surface area contributed by atoms with Crippen molar-refractivity contribution in [3.05, 3.63) is 28.4 Å². The van der Waals surface area contributed by atoms with E-state index in [1.165, 1.54) is 18.3 Å². The first-order valence-electron chi connectivity index (χ1n) is 5.31. The third kappa shape index (κ3) is 2.04. The minimum absolute atomic E-state index is 0.0344. The predicted octanol–water partition coefficient (Wildman–Crippen LogP) is 1.46. The molecule has 18 heavy (non-hydrogen) atoms. The third-order valence-corrected chi connectivity index (χ3v) is 3.45. The number of hydrogen-bond donors (Lipinski definition) is 0. The van der Waals surface area contributed by atoms with Crippen LogP contribution in [0, 0.1) is 10.1 Å². The zero-order chi connectivity index (χ0) is 12.5. The van der Waals surface area contributed by atoms with Crippen molar-refractivity contribution in [1.29, 1.82) is 0 Å². The summed E-state index contributed by atoms with van der Waals surface area (Å²) in [6.07, 6.45) is 3.60. The Balaban J connectivity index is 1.92. The summed E-state index contributed by atoms with van der Waals surface area (Å²) in [4.78, 5) is 14.4. The van der Waals surface area contributed by atoms with Crippen LogP contribution in [0.3, 0.4) is 0 Å². The second kappa shape index (κ2) is 4.33. The maximum absolute atomic E-state index is 10.9.